The van der Waals surface area contributed by atoms with E-state index in [1.165, 1.54) is 23.1 Å². The lowest BCUT2D eigenvalue weighted by Crippen LogP contribution is -2.14. The van der Waals surface area contributed by atoms with Gasteiger partial charge in [-0.25, -0.2) is 4.98 Å². The van der Waals surface area contributed by atoms with Gasteiger partial charge in [-0.05, 0) is 32.0 Å². The molecular weight excluding hydrogens is 342 g/mol. The van der Waals surface area contributed by atoms with Crippen LogP contribution in [0.15, 0.2) is 29.3 Å². The Balaban J connectivity index is 1.75. The number of anilines is 1. The molecule has 0 saturated carbocycles. The SMILES string of the molecule is Cc1ccc2nc(SCC(=O)Nc3nnc(C)s3)c(C#N)cc2c1. The number of fused-ring (bicyclic) bond motifs is 1. The van der Waals surface area contributed by atoms with E-state index in [2.05, 4.69) is 26.6 Å². The first-order valence-corrected chi connectivity index (χ1v) is 8.89. The predicted octanol–water partition coefficient (Wildman–Crippen LogP) is 3.31. The molecule has 1 N–H and O–H groups in total. The molecule has 0 unspecified atom stereocenters. The van der Waals surface area contributed by atoms with Crippen LogP contribution in [-0.2, 0) is 4.79 Å². The monoisotopic (exact) mass is 355 g/mol. The molecule has 120 valence electrons. The Morgan fingerprint density at radius 1 is 1.33 bits per heavy atom. The number of aryl methyl sites for hydroxylation is 2. The molecule has 0 aliphatic heterocycles. The molecule has 3 aromatic rings. The van der Waals surface area contributed by atoms with E-state index in [1.807, 2.05) is 38.1 Å². The maximum absolute atomic E-state index is 12.0. The second-order valence-corrected chi connectivity index (χ2v) is 7.26. The van der Waals surface area contributed by atoms with E-state index in [4.69, 9.17) is 0 Å². The maximum atomic E-state index is 12.0. The summed E-state index contributed by atoms with van der Waals surface area (Å²) in [6.07, 6.45) is 0. The van der Waals surface area contributed by atoms with Gasteiger partial charge in [0.2, 0.25) is 11.0 Å². The van der Waals surface area contributed by atoms with Crippen LogP contribution in [0.1, 0.15) is 16.1 Å². The number of nitriles is 1. The first-order chi connectivity index (χ1) is 11.5. The van der Waals surface area contributed by atoms with Gasteiger partial charge in [0.15, 0.2) is 0 Å². The van der Waals surface area contributed by atoms with Crippen LogP contribution in [0, 0.1) is 25.2 Å². The lowest BCUT2D eigenvalue weighted by Gasteiger charge is -2.06. The number of nitrogens with zero attached hydrogens (tertiary/aromatic N) is 4. The Kier molecular flexibility index (Phi) is 4.74. The Labute approximate surface area is 146 Å². The largest absolute Gasteiger partial charge is 0.300 e. The van der Waals surface area contributed by atoms with Crippen LogP contribution < -0.4 is 5.32 Å². The molecule has 1 amide bonds. The van der Waals surface area contributed by atoms with Gasteiger partial charge in [-0.1, -0.05) is 34.7 Å². The molecule has 1 aromatic carbocycles. The predicted molar refractivity (Wildman–Crippen MR) is 95.2 cm³/mol. The summed E-state index contributed by atoms with van der Waals surface area (Å²) in [5.74, 6) is -0.0525. The molecule has 0 radical (unpaired) electrons. The second kappa shape index (κ2) is 6.95. The Morgan fingerprint density at radius 3 is 2.88 bits per heavy atom. The van der Waals surface area contributed by atoms with Crippen molar-refractivity contribution in [3.63, 3.8) is 0 Å². The van der Waals surface area contributed by atoms with Crippen LogP contribution in [0.4, 0.5) is 5.13 Å². The Bertz CT molecular complexity index is 961. The van der Waals surface area contributed by atoms with Crippen molar-refractivity contribution in [2.45, 2.75) is 18.9 Å². The fourth-order valence-corrected chi connectivity index (χ4v) is 3.48. The number of thioether (sulfide) groups is 1. The van der Waals surface area contributed by atoms with Gasteiger partial charge in [-0.2, -0.15) is 5.26 Å². The van der Waals surface area contributed by atoms with E-state index in [0.29, 0.717) is 15.7 Å². The summed E-state index contributed by atoms with van der Waals surface area (Å²) < 4.78 is 0. The van der Waals surface area contributed by atoms with Gasteiger partial charge >= 0.3 is 0 Å². The third-order valence-electron chi connectivity index (χ3n) is 3.17. The molecule has 0 saturated heterocycles. The molecule has 3 rings (SSSR count). The van der Waals surface area contributed by atoms with Gasteiger partial charge in [0.05, 0.1) is 16.8 Å². The highest BCUT2D eigenvalue weighted by atomic mass is 32.2. The number of carbonyl (C=O) groups is 1. The van der Waals surface area contributed by atoms with Crippen molar-refractivity contribution in [2.24, 2.45) is 0 Å². The van der Waals surface area contributed by atoms with Crippen molar-refractivity contribution in [1.82, 2.24) is 15.2 Å². The smallest absolute Gasteiger partial charge is 0.236 e. The second-order valence-electron chi connectivity index (χ2n) is 5.11. The summed E-state index contributed by atoms with van der Waals surface area (Å²) in [5.41, 5.74) is 2.39. The van der Waals surface area contributed by atoms with E-state index in [9.17, 15) is 10.1 Å². The minimum absolute atomic E-state index is 0.150. The average Bonchev–Trinajstić information content (AvgIpc) is 2.96. The molecule has 8 heteroatoms. The molecule has 6 nitrogen and oxygen atoms in total. The van der Waals surface area contributed by atoms with E-state index >= 15 is 0 Å². The van der Waals surface area contributed by atoms with Crippen LogP contribution in [0.25, 0.3) is 10.9 Å². The number of benzene rings is 1. The molecule has 0 atom stereocenters. The zero-order valence-electron chi connectivity index (χ0n) is 13.0. The fraction of sp³-hybridized carbons (Fsp3) is 0.188. The molecule has 2 aromatic heterocycles. The molecule has 0 aliphatic rings. The van der Waals surface area contributed by atoms with E-state index in [1.54, 1.807) is 0 Å². The van der Waals surface area contributed by atoms with E-state index in [0.717, 1.165) is 21.5 Å². The van der Waals surface area contributed by atoms with Crippen molar-refractivity contribution in [3.8, 4) is 6.07 Å². The number of carbonyl (C=O) groups excluding carboxylic acids is 1. The van der Waals surface area contributed by atoms with Crippen molar-refractivity contribution in [3.05, 3.63) is 40.4 Å². The lowest BCUT2D eigenvalue weighted by atomic mass is 10.1. The number of aromatic nitrogens is 3. The standard InChI is InChI=1S/C16H13N5OS2/c1-9-3-4-13-11(5-9)6-12(7-17)15(18-13)23-8-14(22)19-16-21-20-10(2)24-16/h3-6H,8H2,1-2H3,(H,19,21,22). The van der Waals surface area contributed by atoms with Crippen LogP contribution in [0.3, 0.4) is 0 Å². The lowest BCUT2D eigenvalue weighted by molar-refractivity contribution is -0.113. The summed E-state index contributed by atoms with van der Waals surface area (Å²) in [5, 5.41) is 22.5. The average molecular weight is 355 g/mol. The van der Waals surface area contributed by atoms with Gasteiger partial charge < -0.3 is 0 Å². The van der Waals surface area contributed by atoms with E-state index < -0.39 is 0 Å². The van der Waals surface area contributed by atoms with Crippen molar-refractivity contribution in [2.75, 3.05) is 11.1 Å². The maximum Gasteiger partial charge on any atom is 0.236 e. The molecule has 0 bridgehead atoms. The highest BCUT2D eigenvalue weighted by Gasteiger charge is 2.12. The number of amides is 1. The van der Waals surface area contributed by atoms with Crippen LogP contribution >= 0.6 is 23.1 Å². The normalized spacial score (nSPS) is 10.5. The minimum atomic E-state index is -0.203. The molecule has 0 aliphatic carbocycles. The zero-order chi connectivity index (χ0) is 17.1. The third kappa shape index (κ3) is 3.69. The fourth-order valence-electron chi connectivity index (χ4n) is 2.10. The number of hydrogen-bond donors (Lipinski definition) is 1. The van der Waals surface area contributed by atoms with Gasteiger partial charge in [0.1, 0.15) is 16.1 Å². The van der Waals surface area contributed by atoms with Gasteiger partial charge in [-0.15, -0.1) is 10.2 Å². The highest BCUT2D eigenvalue weighted by Crippen LogP contribution is 2.25. The number of rotatable bonds is 4. The molecule has 0 fully saturated rings. The van der Waals surface area contributed by atoms with Crippen molar-refractivity contribution < 1.29 is 4.79 Å². The number of hydrogen-bond acceptors (Lipinski definition) is 7. The van der Waals surface area contributed by atoms with Crippen LogP contribution in [-0.4, -0.2) is 26.8 Å². The summed E-state index contributed by atoms with van der Waals surface area (Å²) in [4.78, 5) is 16.5. The Morgan fingerprint density at radius 2 is 2.17 bits per heavy atom. The summed E-state index contributed by atoms with van der Waals surface area (Å²) in [6.45, 7) is 3.82. The minimum Gasteiger partial charge on any atom is -0.300 e. The van der Waals surface area contributed by atoms with Crippen LogP contribution in [0.5, 0.6) is 0 Å². The van der Waals surface area contributed by atoms with Gasteiger partial charge in [-0.3, -0.25) is 10.1 Å². The number of pyridine rings is 1. The molecular formula is C16H13N5OS2. The first kappa shape index (κ1) is 16.4. The first-order valence-electron chi connectivity index (χ1n) is 7.09. The Hall–Kier alpha value is -2.50. The zero-order valence-corrected chi connectivity index (χ0v) is 14.7. The molecule has 0 spiro atoms. The quantitative estimate of drug-likeness (QED) is 0.722. The van der Waals surface area contributed by atoms with Crippen molar-refractivity contribution in [1.29, 1.82) is 5.26 Å². The highest BCUT2D eigenvalue weighted by molar-refractivity contribution is 8.00. The van der Waals surface area contributed by atoms with Crippen molar-refractivity contribution >= 4 is 45.0 Å². The summed E-state index contributed by atoms with van der Waals surface area (Å²) in [7, 11) is 0. The summed E-state index contributed by atoms with van der Waals surface area (Å²) in [6, 6.07) is 9.84. The van der Waals surface area contributed by atoms with Crippen LogP contribution in [0.2, 0.25) is 0 Å². The third-order valence-corrected chi connectivity index (χ3v) is 4.91. The molecule has 24 heavy (non-hydrogen) atoms. The van der Waals surface area contributed by atoms with E-state index in [-0.39, 0.29) is 11.7 Å². The summed E-state index contributed by atoms with van der Waals surface area (Å²) >= 11 is 2.55. The van der Waals surface area contributed by atoms with Gasteiger partial charge in [0, 0.05) is 5.39 Å². The molecule has 2 heterocycles. The topological polar surface area (TPSA) is 91.6 Å². The van der Waals surface area contributed by atoms with Gasteiger partial charge in [0.25, 0.3) is 0 Å². The number of nitrogens with one attached hydrogen (secondary N) is 1.